The van der Waals surface area contributed by atoms with E-state index in [1.165, 1.54) is 0 Å². The molecule has 0 aromatic carbocycles. The maximum Gasteiger partial charge on any atom is 0.254 e. The van der Waals surface area contributed by atoms with Crippen molar-refractivity contribution in [1.29, 1.82) is 0 Å². The van der Waals surface area contributed by atoms with Gasteiger partial charge in [0.15, 0.2) is 0 Å². The molecular formula is C13H18N4O2. The molecule has 2 N–H and O–H groups in total. The first-order valence-corrected chi connectivity index (χ1v) is 5.81. The van der Waals surface area contributed by atoms with Crippen molar-refractivity contribution in [2.24, 2.45) is 0 Å². The molecule has 0 saturated heterocycles. The second-order valence-electron chi connectivity index (χ2n) is 4.38. The number of aliphatic hydroxyl groups is 1. The van der Waals surface area contributed by atoms with Crippen LogP contribution >= 0.6 is 0 Å². The maximum absolute atomic E-state index is 11.7. The van der Waals surface area contributed by atoms with Gasteiger partial charge >= 0.3 is 0 Å². The van der Waals surface area contributed by atoms with Gasteiger partial charge in [0, 0.05) is 20.5 Å². The highest BCUT2D eigenvalue weighted by atomic mass is 16.3. The fourth-order valence-corrected chi connectivity index (χ4v) is 1.49. The van der Waals surface area contributed by atoms with Crippen molar-refractivity contribution in [1.82, 2.24) is 9.97 Å². The van der Waals surface area contributed by atoms with Crippen molar-refractivity contribution < 1.29 is 9.90 Å². The van der Waals surface area contributed by atoms with Crippen molar-refractivity contribution in [2.45, 2.75) is 26.4 Å². The first kappa shape index (κ1) is 14.9. The molecule has 6 nitrogen and oxygen atoms in total. The Labute approximate surface area is 112 Å². The number of amides is 1. The standard InChI is InChI=1S/C13H18N4O2/c1-6-7-10(18)12(19)16-11-8(2)14-13(17(4)5)15-9(11)3/h1,10,18H,7H2,2-5H3,(H,16,19). The van der Waals surface area contributed by atoms with E-state index in [9.17, 15) is 9.90 Å². The summed E-state index contributed by atoms with van der Waals surface area (Å²) in [5.74, 6) is 2.25. The van der Waals surface area contributed by atoms with Gasteiger partial charge in [0.1, 0.15) is 6.10 Å². The zero-order valence-corrected chi connectivity index (χ0v) is 11.6. The summed E-state index contributed by atoms with van der Waals surface area (Å²) >= 11 is 0. The SMILES string of the molecule is C#CCC(O)C(=O)Nc1c(C)nc(N(C)C)nc1C. The number of aromatic nitrogens is 2. The average Bonchev–Trinajstić information content (AvgIpc) is 2.33. The third-order valence-electron chi connectivity index (χ3n) is 2.52. The zero-order chi connectivity index (χ0) is 14.6. The third-order valence-corrected chi connectivity index (χ3v) is 2.52. The van der Waals surface area contributed by atoms with Gasteiger partial charge in [-0.15, -0.1) is 12.3 Å². The molecule has 1 rings (SSSR count). The van der Waals surface area contributed by atoms with Crippen LogP contribution in [0, 0.1) is 26.2 Å². The van der Waals surface area contributed by atoms with Crippen LogP contribution in [0.2, 0.25) is 0 Å². The minimum Gasteiger partial charge on any atom is -0.382 e. The number of rotatable bonds is 4. The predicted molar refractivity (Wildman–Crippen MR) is 73.9 cm³/mol. The maximum atomic E-state index is 11.7. The van der Waals surface area contributed by atoms with Crippen LogP contribution in [-0.4, -0.2) is 41.2 Å². The lowest BCUT2D eigenvalue weighted by molar-refractivity contribution is -0.123. The average molecular weight is 262 g/mol. The number of hydrogen-bond acceptors (Lipinski definition) is 5. The number of aliphatic hydroxyl groups excluding tert-OH is 1. The summed E-state index contributed by atoms with van der Waals surface area (Å²) in [5, 5.41) is 12.1. The Hall–Kier alpha value is -2.13. The van der Waals surface area contributed by atoms with Gasteiger partial charge in [-0.25, -0.2) is 9.97 Å². The fourth-order valence-electron chi connectivity index (χ4n) is 1.49. The number of carbonyl (C=O) groups excluding carboxylic acids is 1. The molecule has 0 spiro atoms. The number of anilines is 2. The highest BCUT2D eigenvalue weighted by Crippen LogP contribution is 2.19. The molecule has 6 heteroatoms. The van der Waals surface area contributed by atoms with Gasteiger partial charge in [-0.2, -0.15) is 0 Å². The molecule has 1 aromatic heterocycles. The number of carbonyl (C=O) groups is 1. The monoisotopic (exact) mass is 262 g/mol. The van der Waals surface area contributed by atoms with Gasteiger partial charge in [0.05, 0.1) is 17.1 Å². The Bertz CT molecular complexity index is 497. The molecule has 0 saturated carbocycles. The molecule has 0 aliphatic heterocycles. The summed E-state index contributed by atoms with van der Waals surface area (Å²) < 4.78 is 0. The summed E-state index contributed by atoms with van der Waals surface area (Å²) in [7, 11) is 3.67. The molecule has 1 unspecified atom stereocenters. The van der Waals surface area contributed by atoms with Crippen molar-refractivity contribution >= 4 is 17.5 Å². The summed E-state index contributed by atoms with van der Waals surface area (Å²) in [6, 6.07) is 0. The Morgan fingerprint density at radius 3 is 2.37 bits per heavy atom. The van der Waals surface area contributed by atoms with Gasteiger partial charge in [-0.1, -0.05) is 0 Å². The minimum absolute atomic E-state index is 0.0272. The molecule has 1 amide bonds. The smallest absolute Gasteiger partial charge is 0.254 e. The molecule has 0 aliphatic carbocycles. The summed E-state index contributed by atoms with van der Waals surface area (Å²) in [6.45, 7) is 3.54. The normalized spacial score (nSPS) is 11.6. The van der Waals surface area contributed by atoms with Crippen LogP contribution in [0.25, 0.3) is 0 Å². The summed E-state index contributed by atoms with van der Waals surface area (Å²) in [6.07, 6.45) is 3.80. The first-order chi connectivity index (χ1) is 8.86. The quantitative estimate of drug-likeness (QED) is 0.772. The van der Waals surface area contributed by atoms with E-state index < -0.39 is 12.0 Å². The van der Waals surface area contributed by atoms with E-state index in [1.54, 1.807) is 18.7 Å². The fraction of sp³-hybridized carbons (Fsp3) is 0.462. The van der Waals surface area contributed by atoms with Crippen LogP contribution in [-0.2, 0) is 4.79 Å². The van der Waals surface area contributed by atoms with Crippen molar-refractivity contribution in [2.75, 3.05) is 24.3 Å². The molecule has 1 atom stereocenters. The van der Waals surface area contributed by atoms with E-state index in [4.69, 9.17) is 6.42 Å². The van der Waals surface area contributed by atoms with Crippen molar-refractivity contribution in [3.05, 3.63) is 11.4 Å². The molecule has 0 bridgehead atoms. The van der Waals surface area contributed by atoms with Gasteiger partial charge < -0.3 is 15.3 Å². The van der Waals surface area contributed by atoms with Crippen LogP contribution in [0.3, 0.4) is 0 Å². The Kier molecular flexibility index (Phi) is 4.84. The Morgan fingerprint density at radius 2 is 1.95 bits per heavy atom. The van der Waals surface area contributed by atoms with Gasteiger partial charge in [0.25, 0.3) is 5.91 Å². The summed E-state index contributed by atoms with van der Waals surface area (Å²) in [5.41, 5.74) is 1.78. The van der Waals surface area contributed by atoms with E-state index in [2.05, 4.69) is 21.2 Å². The van der Waals surface area contributed by atoms with Gasteiger partial charge in [-0.05, 0) is 13.8 Å². The van der Waals surface area contributed by atoms with Gasteiger partial charge in [0.2, 0.25) is 5.95 Å². The first-order valence-electron chi connectivity index (χ1n) is 5.81. The topological polar surface area (TPSA) is 78.3 Å². The number of nitrogens with one attached hydrogen (secondary N) is 1. The minimum atomic E-state index is -1.22. The van der Waals surface area contributed by atoms with Crippen LogP contribution in [0.4, 0.5) is 11.6 Å². The largest absolute Gasteiger partial charge is 0.382 e. The lowest BCUT2D eigenvalue weighted by Gasteiger charge is -2.16. The van der Waals surface area contributed by atoms with E-state index >= 15 is 0 Å². The van der Waals surface area contributed by atoms with Gasteiger partial charge in [-0.3, -0.25) is 4.79 Å². The van der Waals surface area contributed by atoms with E-state index in [-0.39, 0.29) is 6.42 Å². The van der Waals surface area contributed by atoms with Crippen molar-refractivity contribution in [3.8, 4) is 12.3 Å². The number of nitrogens with zero attached hydrogens (tertiary/aromatic N) is 3. The second kappa shape index (κ2) is 6.16. The molecule has 0 aliphatic rings. The molecular weight excluding hydrogens is 244 g/mol. The highest BCUT2D eigenvalue weighted by molar-refractivity contribution is 5.95. The van der Waals surface area contributed by atoms with Crippen LogP contribution in [0.5, 0.6) is 0 Å². The van der Waals surface area contributed by atoms with Crippen molar-refractivity contribution in [3.63, 3.8) is 0 Å². The molecule has 1 heterocycles. The van der Waals surface area contributed by atoms with Crippen LogP contribution < -0.4 is 10.2 Å². The van der Waals surface area contributed by atoms with E-state index in [1.807, 2.05) is 14.1 Å². The number of hydrogen-bond donors (Lipinski definition) is 2. The molecule has 0 fully saturated rings. The van der Waals surface area contributed by atoms with E-state index in [0.717, 1.165) is 0 Å². The molecule has 1 aromatic rings. The summed E-state index contributed by atoms with van der Waals surface area (Å²) in [4.78, 5) is 22.0. The highest BCUT2D eigenvalue weighted by Gasteiger charge is 2.17. The number of aryl methyl sites for hydroxylation is 2. The third kappa shape index (κ3) is 3.66. The lowest BCUT2D eigenvalue weighted by atomic mass is 10.2. The molecule has 0 radical (unpaired) electrons. The van der Waals surface area contributed by atoms with Crippen LogP contribution in [0.1, 0.15) is 17.8 Å². The Balaban J connectivity index is 2.97. The zero-order valence-electron chi connectivity index (χ0n) is 11.6. The predicted octanol–water partition coefficient (Wildman–Crippen LogP) is 0.482. The number of terminal acetylenes is 1. The molecule has 19 heavy (non-hydrogen) atoms. The second-order valence-corrected chi connectivity index (χ2v) is 4.38. The Morgan fingerprint density at radius 1 is 1.42 bits per heavy atom. The van der Waals surface area contributed by atoms with E-state index in [0.29, 0.717) is 23.0 Å². The van der Waals surface area contributed by atoms with Crippen LogP contribution in [0.15, 0.2) is 0 Å². The molecule has 102 valence electrons. The lowest BCUT2D eigenvalue weighted by Crippen LogP contribution is -2.28.